The van der Waals surface area contributed by atoms with Crippen LogP contribution in [0.1, 0.15) is 37.9 Å². The van der Waals surface area contributed by atoms with Crippen molar-refractivity contribution in [2.24, 2.45) is 0 Å². The van der Waals surface area contributed by atoms with Crippen molar-refractivity contribution in [3.63, 3.8) is 0 Å². The molecule has 162 valence electrons. The molecular weight excluding hydrogens is 392 g/mol. The van der Waals surface area contributed by atoms with E-state index in [1.807, 2.05) is 30.3 Å². The maximum Gasteiger partial charge on any atom is 0.319 e. The second-order valence-electron chi connectivity index (χ2n) is 7.00. The van der Waals surface area contributed by atoms with Crippen molar-refractivity contribution in [2.75, 3.05) is 24.8 Å². The first-order valence-electron chi connectivity index (χ1n) is 10.3. The van der Waals surface area contributed by atoms with E-state index < -0.39 is 0 Å². The van der Waals surface area contributed by atoms with Crippen LogP contribution in [-0.4, -0.2) is 35.1 Å². The lowest BCUT2D eigenvalue weighted by Gasteiger charge is -2.19. The van der Waals surface area contributed by atoms with E-state index in [1.54, 1.807) is 38.8 Å². The first kappa shape index (κ1) is 22.0. The molecule has 0 aliphatic heterocycles. The van der Waals surface area contributed by atoms with Crippen molar-refractivity contribution in [3.8, 4) is 17.0 Å². The minimum atomic E-state index is -0.315. The number of rotatable bonds is 9. The summed E-state index contributed by atoms with van der Waals surface area (Å²) in [5.41, 5.74) is 3.08. The molecule has 0 bridgehead atoms. The Labute approximate surface area is 182 Å². The van der Waals surface area contributed by atoms with Crippen LogP contribution < -0.4 is 20.7 Å². The number of amides is 2. The summed E-state index contributed by atoms with van der Waals surface area (Å²) in [5.74, 6) is 1.21. The van der Waals surface area contributed by atoms with Crippen molar-refractivity contribution in [2.45, 2.75) is 32.2 Å². The van der Waals surface area contributed by atoms with E-state index in [1.165, 1.54) is 0 Å². The lowest BCUT2D eigenvalue weighted by molar-refractivity contribution is 0.254. The van der Waals surface area contributed by atoms with Gasteiger partial charge in [0.2, 0.25) is 0 Å². The molecule has 0 aliphatic carbocycles. The van der Waals surface area contributed by atoms with Gasteiger partial charge in [-0.05, 0) is 30.7 Å². The van der Waals surface area contributed by atoms with E-state index in [9.17, 15) is 4.79 Å². The molecule has 3 aromatic rings. The summed E-state index contributed by atoms with van der Waals surface area (Å²) < 4.78 is 5.44. The van der Waals surface area contributed by atoms with Crippen LogP contribution in [0.5, 0.6) is 5.75 Å². The molecule has 1 aromatic carbocycles. The van der Waals surface area contributed by atoms with E-state index in [0.717, 1.165) is 30.5 Å². The fraction of sp³-hybridized carbons (Fsp3) is 0.304. The first-order chi connectivity index (χ1) is 15.1. The summed E-state index contributed by atoms with van der Waals surface area (Å²) >= 11 is 0. The number of carbonyl (C=O) groups excluding carboxylic acids is 1. The zero-order valence-corrected chi connectivity index (χ0v) is 18.1. The van der Waals surface area contributed by atoms with E-state index in [0.29, 0.717) is 22.9 Å². The number of methoxy groups -OCH3 is 1. The van der Waals surface area contributed by atoms with Crippen molar-refractivity contribution >= 4 is 17.5 Å². The predicted octanol–water partition coefficient (Wildman–Crippen LogP) is 4.64. The van der Waals surface area contributed by atoms with Crippen molar-refractivity contribution in [1.82, 2.24) is 20.3 Å². The highest BCUT2D eigenvalue weighted by molar-refractivity contribution is 5.91. The molecule has 2 heterocycles. The van der Waals surface area contributed by atoms with Gasteiger partial charge in [-0.3, -0.25) is 9.97 Å². The Morgan fingerprint density at radius 1 is 1.19 bits per heavy atom. The third kappa shape index (κ3) is 5.91. The van der Waals surface area contributed by atoms with Gasteiger partial charge in [0.05, 0.1) is 42.6 Å². The number of pyridine rings is 1. The van der Waals surface area contributed by atoms with Gasteiger partial charge in [0.15, 0.2) is 0 Å². The van der Waals surface area contributed by atoms with Crippen LogP contribution in [0.2, 0.25) is 0 Å². The average molecular weight is 421 g/mol. The number of hydrogen-bond acceptors (Lipinski definition) is 6. The number of nitrogens with zero attached hydrogens (tertiary/aromatic N) is 3. The number of anilines is 2. The van der Waals surface area contributed by atoms with E-state index in [2.05, 4.69) is 32.8 Å². The first-order valence-corrected chi connectivity index (χ1v) is 10.3. The maximum absolute atomic E-state index is 11.6. The van der Waals surface area contributed by atoms with Gasteiger partial charge in [-0.15, -0.1) is 0 Å². The monoisotopic (exact) mass is 420 g/mol. The highest BCUT2D eigenvalue weighted by atomic mass is 16.5. The average Bonchev–Trinajstić information content (AvgIpc) is 2.82. The lowest BCUT2D eigenvalue weighted by atomic mass is 10.1. The van der Waals surface area contributed by atoms with Gasteiger partial charge in [0.25, 0.3) is 0 Å². The molecule has 3 N–H and O–H groups in total. The highest BCUT2D eigenvalue weighted by Gasteiger charge is 2.14. The van der Waals surface area contributed by atoms with Gasteiger partial charge in [-0.2, -0.15) is 0 Å². The van der Waals surface area contributed by atoms with Crippen molar-refractivity contribution in [3.05, 3.63) is 60.7 Å². The van der Waals surface area contributed by atoms with E-state index in [-0.39, 0.29) is 12.1 Å². The van der Waals surface area contributed by atoms with Crippen LogP contribution >= 0.6 is 0 Å². The number of benzene rings is 1. The number of urea groups is 1. The van der Waals surface area contributed by atoms with Gasteiger partial charge >= 0.3 is 6.03 Å². The number of nitrogens with one attached hydrogen (secondary N) is 3. The Kier molecular flexibility index (Phi) is 7.75. The standard InChI is InChI=1S/C23H28N6O2/c1-4-5-8-18(17-9-6-7-12-26-17)27-22-15-25-14-20(28-22)16-10-11-19(21(13-16)31-3)29-23(30)24-2/h6-7,9-15,18H,4-5,8H2,1-3H3,(H,27,28)(H2,24,29,30)/t18-/m0/s1. The van der Waals surface area contributed by atoms with Crippen LogP contribution in [0, 0.1) is 0 Å². The van der Waals surface area contributed by atoms with Crippen LogP contribution in [0.4, 0.5) is 16.3 Å². The van der Waals surface area contributed by atoms with Crippen LogP contribution in [0.3, 0.4) is 0 Å². The molecule has 0 saturated carbocycles. The third-order valence-electron chi connectivity index (χ3n) is 4.82. The number of hydrogen-bond donors (Lipinski definition) is 3. The van der Waals surface area contributed by atoms with Gasteiger partial charge in [0.1, 0.15) is 11.6 Å². The van der Waals surface area contributed by atoms with Crippen molar-refractivity contribution < 1.29 is 9.53 Å². The zero-order chi connectivity index (χ0) is 22.1. The molecule has 31 heavy (non-hydrogen) atoms. The minimum Gasteiger partial charge on any atom is -0.495 e. The third-order valence-corrected chi connectivity index (χ3v) is 4.82. The predicted molar refractivity (Wildman–Crippen MR) is 122 cm³/mol. The van der Waals surface area contributed by atoms with Gasteiger partial charge < -0.3 is 20.7 Å². The molecule has 2 amide bonds. The van der Waals surface area contributed by atoms with Crippen LogP contribution in [0.25, 0.3) is 11.3 Å². The maximum atomic E-state index is 11.6. The zero-order valence-electron chi connectivity index (χ0n) is 18.1. The molecule has 2 aromatic heterocycles. The van der Waals surface area contributed by atoms with Gasteiger partial charge in [-0.25, -0.2) is 9.78 Å². The van der Waals surface area contributed by atoms with Crippen LogP contribution in [-0.2, 0) is 0 Å². The Hall–Kier alpha value is -3.68. The largest absolute Gasteiger partial charge is 0.495 e. The second kappa shape index (κ2) is 10.9. The van der Waals surface area contributed by atoms with Gasteiger partial charge in [0, 0.05) is 18.8 Å². The molecule has 8 nitrogen and oxygen atoms in total. The topological polar surface area (TPSA) is 101 Å². The molecule has 0 fully saturated rings. The Balaban J connectivity index is 1.84. The lowest BCUT2D eigenvalue weighted by Crippen LogP contribution is -2.24. The number of carbonyl (C=O) groups is 1. The molecule has 0 spiro atoms. The molecule has 3 rings (SSSR count). The summed E-state index contributed by atoms with van der Waals surface area (Å²) in [7, 11) is 3.12. The number of ether oxygens (including phenoxy) is 1. The summed E-state index contributed by atoms with van der Waals surface area (Å²) in [6, 6.07) is 11.1. The molecule has 0 aliphatic rings. The SMILES string of the molecule is CCCC[C@H](Nc1cncc(-c2ccc(NC(=O)NC)c(OC)c2)n1)c1ccccn1. The quantitative estimate of drug-likeness (QED) is 0.466. The Bertz CT molecular complexity index is 996. The molecule has 0 saturated heterocycles. The fourth-order valence-electron chi connectivity index (χ4n) is 3.18. The summed E-state index contributed by atoms with van der Waals surface area (Å²) in [4.78, 5) is 25.2. The highest BCUT2D eigenvalue weighted by Crippen LogP contribution is 2.30. The minimum absolute atomic E-state index is 0.0550. The van der Waals surface area contributed by atoms with Crippen molar-refractivity contribution in [1.29, 1.82) is 0 Å². The van der Waals surface area contributed by atoms with E-state index >= 15 is 0 Å². The Morgan fingerprint density at radius 3 is 2.77 bits per heavy atom. The Morgan fingerprint density at radius 2 is 2.06 bits per heavy atom. The molecule has 0 unspecified atom stereocenters. The second-order valence-corrected chi connectivity index (χ2v) is 7.00. The number of unbranched alkanes of at least 4 members (excludes halogenated alkanes) is 1. The summed E-state index contributed by atoms with van der Waals surface area (Å²) in [6.45, 7) is 2.17. The molecule has 1 atom stereocenters. The van der Waals surface area contributed by atoms with Crippen LogP contribution in [0.15, 0.2) is 55.0 Å². The summed E-state index contributed by atoms with van der Waals surface area (Å²) in [5, 5.41) is 8.74. The smallest absolute Gasteiger partial charge is 0.319 e. The molecule has 0 radical (unpaired) electrons. The van der Waals surface area contributed by atoms with Gasteiger partial charge in [-0.1, -0.05) is 31.9 Å². The van der Waals surface area contributed by atoms with E-state index in [4.69, 9.17) is 9.72 Å². The number of aromatic nitrogens is 3. The normalized spacial score (nSPS) is 11.5. The molecular formula is C23H28N6O2. The fourth-order valence-corrected chi connectivity index (χ4v) is 3.18. The summed E-state index contributed by atoms with van der Waals surface area (Å²) in [6.07, 6.45) is 8.36. The molecule has 8 heteroatoms.